The van der Waals surface area contributed by atoms with E-state index in [1.807, 2.05) is 6.07 Å². The van der Waals surface area contributed by atoms with Crippen molar-refractivity contribution in [2.45, 2.75) is 44.7 Å². The fraction of sp³-hybridized carbons (Fsp3) is 0.368. The molecule has 24 heavy (non-hydrogen) atoms. The largest absolute Gasteiger partial charge is 0.381 e. The van der Waals surface area contributed by atoms with E-state index in [2.05, 4.69) is 15.6 Å². The first-order chi connectivity index (χ1) is 11.7. The average Bonchev–Trinajstić information content (AvgIpc) is 2.62. The summed E-state index contributed by atoms with van der Waals surface area (Å²) >= 11 is 0. The minimum Gasteiger partial charge on any atom is -0.381 e. The number of benzene rings is 1. The first kappa shape index (κ1) is 16.4. The van der Waals surface area contributed by atoms with Crippen molar-refractivity contribution >= 4 is 11.6 Å². The zero-order valence-electron chi connectivity index (χ0n) is 13.6. The average molecular weight is 327 g/mol. The molecule has 1 aromatic heterocycles. The van der Waals surface area contributed by atoms with Crippen molar-refractivity contribution in [3.63, 3.8) is 0 Å². The van der Waals surface area contributed by atoms with Crippen molar-refractivity contribution in [2.75, 3.05) is 5.32 Å². The number of carbonyl (C=O) groups is 1. The van der Waals surface area contributed by atoms with Crippen LogP contribution in [0.25, 0.3) is 0 Å². The van der Waals surface area contributed by atoms with Crippen LogP contribution in [0, 0.1) is 5.82 Å². The highest BCUT2D eigenvalue weighted by molar-refractivity contribution is 5.94. The van der Waals surface area contributed by atoms with Gasteiger partial charge in [0.2, 0.25) is 0 Å². The second kappa shape index (κ2) is 7.90. The standard InChI is InChI=1S/C19H22FN3O/c20-16-8-6-14(7-9-16)11-22-19(24)15-10-18(13-21-12-15)23-17-4-2-1-3-5-17/h6-10,12-13,17,23H,1-5,11H2,(H,22,24). The summed E-state index contributed by atoms with van der Waals surface area (Å²) in [5.74, 6) is -0.463. The highest BCUT2D eigenvalue weighted by Crippen LogP contribution is 2.21. The fourth-order valence-electron chi connectivity index (χ4n) is 3.01. The molecule has 0 bridgehead atoms. The number of amides is 1. The number of halogens is 1. The van der Waals surface area contributed by atoms with E-state index in [0.717, 1.165) is 11.3 Å². The Bertz CT molecular complexity index is 681. The third-order valence-electron chi connectivity index (χ3n) is 4.34. The second-order valence-electron chi connectivity index (χ2n) is 6.25. The lowest BCUT2D eigenvalue weighted by Crippen LogP contribution is -2.24. The summed E-state index contributed by atoms with van der Waals surface area (Å²) in [5, 5.41) is 6.31. The first-order valence-corrected chi connectivity index (χ1v) is 8.45. The molecule has 0 aliphatic heterocycles. The van der Waals surface area contributed by atoms with Crippen molar-refractivity contribution in [3.05, 3.63) is 59.7 Å². The topological polar surface area (TPSA) is 54.0 Å². The van der Waals surface area contributed by atoms with E-state index >= 15 is 0 Å². The van der Waals surface area contributed by atoms with Gasteiger partial charge in [0.15, 0.2) is 0 Å². The Morgan fingerprint density at radius 1 is 1.12 bits per heavy atom. The number of nitrogens with one attached hydrogen (secondary N) is 2. The van der Waals surface area contributed by atoms with Gasteiger partial charge in [-0.1, -0.05) is 31.4 Å². The molecule has 0 atom stereocenters. The molecule has 2 aromatic rings. The van der Waals surface area contributed by atoms with Gasteiger partial charge in [-0.25, -0.2) is 4.39 Å². The van der Waals surface area contributed by atoms with Gasteiger partial charge in [0.05, 0.1) is 11.3 Å². The lowest BCUT2D eigenvalue weighted by atomic mass is 9.95. The van der Waals surface area contributed by atoms with Gasteiger partial charge in [0.1, 0.15) is 5.82 Å². The smallest absolute Gasteiger partial charge is 0.253 e. The van der Waals surface area contributed by atoms with Crippen molar-refractivity contribution in [1.82, 2.24) is 10.3 Å². The minimum atomic E-state index is -0.282. The van der Waals surface area contributed by atoms with Crippen LogP contribution < -0.4 is 10.6 Å². The summed E-state index contributed by atoms with van der Waals surface area (Å²) in [6.45, 7) is 0.361. The zero-order chi connectivity index (χ0) is 16.8. The molecule has 5 heteroatoms. The number of aromatic nitrogens is 1. The lowest BCUT2D eigenvalue weighted by molar-refractivity contribution is 0.0950. The van der Waals surface area contributed by atoms with Crippen LogP contribution in [0.15, 0.2) is 42.7 Å². The maximum absolute atomic E-state index is 12.9. The maximum Gasteiger partial charge on any atom is 0.253 e. The normalized spacial score (nSPS) is 15.0. The Kier molecular flexibility index (Phi) is 5.41. The summed E-state index contributed by atoms with van der Waals surface area (Å²) < 4.78 is 12.9. The number of hydrogen-bond donors (Lipinski definition) is 2. The third-order valence-corrected chi connectivity index (χ3v) is 4.34. The molecular formula is C19H22FN3O. The van der Waals surface area contributed by atoms with E-state index in [-0.39, 0.29) is 11.7 Å². The van der Waals surface area contributed by atoms with Gasteiger partial charge < -0.3 is 10.6 Å². The molecular weight excluding hydrogens is 305 g/mol. The van der Waals surface area contributed by atoms with Gasteiger partial charge in [-0.15, -0.1) is 0 Å². The molecule has 0 unspecified atom stereocenters. The lowest BCUT2D eigenvalue weighted by Gasteiger charge is -2.23. The Labute approximate surface area is 141 Å². The van der Waals surface area contributed by atoms with Gasteiger partial charge in [0.25, 0.3) is 5.91 Å². The third kappa shape index (κ3) is 4.54. The molecule has 1 amide bonds. The molecule has 0 radical (unpaired) electrons. The van der Waals surface area contributed by atoms with Crippen LogP contribution in [-0.2, 0) is 6.54 Å². The predicted octanol–water partition coefficient (Wildman–Crippen LogP) is 3.90. The van der Waals surface area contributed by atoms with Gasteiger partial charge in [0, 0.05) is 25.0 Å². The predicted molar refractivity (Wildman–Crippen MR) is 92.3 cm³/mol. The molecule has 126 valence electrons. The molecule has 1 aliphatic carbocycles. The highest BCUT2D eigenvalue weighted by atomic mass is 19.1. The molecule has 2 N–H and O–H groups in total. The van der Waals surface area contributed by atoms with Crippen LogP contribution in [0.4, 0.5) is 10.1 Å². The van der Waals surface area contributed by atoms with E-state index < -0.39 is 0 Å². The molecule has 1 fully saturated rings. The van der Waals surface area contributed by atoms with Crippen LogP contribution in [0.3, 0.4) is 0 Å². The Morgan fingerprint density at radius 2 is 1.88 bits per heavy atom. The SMILES string of the molecule is O=C(NCc1ccc(F)cc1)c1cncc(NC2CCCCC2)c1. The van der Waals surface area contributed by atoms with E-state index in [1.54, 1.807) is 24.5 Å². The van der Waals surface area contributed by atoms with Gasteiger partial charge >= 0.3 is 0 Å². The number of anilines is 1. The monoisotopic (exact) mass is 327 g/mol. The maximum atomic E-state index is 12.9. The molecule has 0 saturated heterocycles. The van der Waals surface area contributed by atoms with Crippen LogP contribution in [0.1, 0.15) is 48.0 Å². The Balaban J connectivity index is 1.58. The van der Waals surface area contributed by atoms with Crippen LogP contribution in [-0.4, -0.2) is 16.9 Å². The minimum absolute atomic E-state index is 0.181. The van der Waals surface area contributed by atoms with Crippen LogP contribution in [0.2, 0.25) is 0 Å². The summed E-state index contributed by atoms with van der Waals surface area (Å²) in [6, 6.07) is 8.40. The molecule has 1 heterocycles. The highest BCUT2D eigenvalue weighted by Gasteiger charge is 2.14. The summed E-state index contributed by atoms with van der Waals surface area (Å²) in [4.78, 5) is 16.4. The quantitative estimate of drug-likeness (QED) is 0.876. The van der Waals surface area contributed by atoms with Gasteiger partial charge in [-0.2, -0.15) is 0 Å². The van der Waals surface area contributed by atoms with Crippen molar-refractivity contribution in [1.29, 1.82) is 0 Å². The Morgan fingerprint density at radius 3 is 2.62 bits per heavy atom. The van der Waals surface area contributed by atoms with E-state index in [0.29, 0.717) is 18.2 Å². The van der Waals surface area contributed by atoms with Gasteiger partial charge in [-0.3, -0.25) is 9.78 Å². The van der Waals surface area contributed by atoms with E-state index in [9.17, 15) is 9.18 Å². The summed E-state index contributed by atoms with van der Waals surface area (Å²) in [5.41, 5.74) is 2.27. The molecule has 3 rings (SSSR count). The Hall–Kier alpha value is -2.43. The summed E-state index contributed by atoms with van der Waals surface area (Å²) in [7, 11) is 0. The second-order valence-corrected chi connectivity index (χ2v) is 6.25. The summed E-state index contributed by atoms with van der Waals surface area (Å²) in [6.07, 6.45) is 9.47. The van der Waals surface area contributed by atoms with E-state index in [4.69, 9.17) is 0 Å². The fourth-order valence-corrected chi connectivity index (χ4v) is 3.01. The number of carbonyl (C=O) groups excluding carboxylic acids is 1. The number of rotatable bonds is 5. The van der Waals surface area contributed by atoms with Gasteiger partial charge in [-0.05, 0) is 36.6 Å². The van der Waals surface area contributed by atoms with Crippen LogP contribution >= 0.6 is 0 Å². The molecule has 1 aliphatic rings. The van der Waals surface area contributed by atoms with Crippen LogP contribution in [0.5, 0.6) is 0 Å². The number of pyridine rings is 1. The molecule has 1 saturated carbocycles. The molecule has 4 nitrogen and oxygen atoms in total. The number of nitrogens with zero attached hydrogens (tertiary/aromatic N) is 1. The first-order valence-electron chi connectivity index (χ1n) is 8.45. The van der Waals surface area contributed by atoms with Crippen molar-refractivity contribution in [2.24, 2.45) is 0 Å². The van der Waals surface area contributed by atoms with Crippen molar-refractivity contribution in [3.8, 4) is 0 Å². The number of hydrogen-bond acceptors (Lipinski definition) is 3. The van der Waals surface area contributed by atoms with E-state index in [1.165, 1.54) is 44.2 Å². The molecule has 1 aromatic carbocycles. The molecule has 0 spiro atoms. The zero-order valence-corrected chi connectivity index (χ0v) is 13.6. The van der Waals surface area contributed by atoms with Crippen molar-refractivity contribution < 1.29 is 9.18 Å².